The molecular weight excluding hydrogens is 148 g/mol. The summed E-state index contributed by atoms with van der Waals surface area (Å²) >= 11 is 5.69. The molecule has 10 heavy (non-hydrogen) atoms. The van der Waals surface area contributed by atoms with Crippen molar-refractivity contribution < 1.29 is 4.74 Å². The smallest absolute Gasteiger partial charge is 0.0522 e. The van der Waals surface area contributed by atoms with E-state index in [9.17, 15) is 0 Å². The third-order valence-corrected chi connectivity index (χ3v) is 1.28. The van der Waals surface area contributed by atoms with Crippen LogP contribution in [0.3, 0.4) is 0 Å². The summed E-state index contributed by atoms with van der Waals surface area (Å²) in [5.41, 5.74) is 0. The van der Waals surface area contributed by atoms with Gasteiger partial charge in [-0.25, -0.2) is 0 Å². The van der Waals surface area contributed by atoms with Crippen molar-refractivity contribution >= 4 is 11.6 Å². The van der Waals surface area contributed by atoms with Gasteiger partial charge in [-0.1, -0.05) is 19.1 Å². The summed E-state index contributed by atoms with van der Waals surface area (Å²) in [4.78, 5) is 0. The van der Waals surface area contributed by atoms with E-state index in [1.165, 1.54) is 0 Å². The van der Waals surface area contributed by atoms with Crippen LogP contribution in [0, 0.1) is 5.92 Å². The van der Waals surface area contributed by atoms with Crippen LogP contribution in [0.4, 0.5) is 0 Å². The minimum Gasteiger partial charge on any atom is -0.384 e. The summed E-state index contributed by atoms with van der Waals surface area (Å²) in [5, 5.41) is 0.124. The molecule has 60 valence electrons. The highest BCUT2D eigenvalue weighted by molar-refractivity contribution is 6.21. The monoisotopic (exact) mass is 162 g/mol. The molecule has 2 heteroatoms. The van der Waals surface area contributed by atoms with Gasteiger partial charge in [0.05, 0.1) is 6.61 Å². The van der Waals surface area contributed by atoms with E-state index in [2.05, 4.69) is 13.0 Å². The molecule has 0 aromatic heterocycles. The average molecular weight is 163 g/mol. The largest absolute Gasteiger partial charge is 0.384 e. The molecule has 0 spiro atoms. The lowest BCUT2D eigenvalue weighted by molar-refractivity contribution is 0.176. The van der Waals surface area contributed by atoms with Crippen LogP contribution in [-0.2, 0) is 4.74 Å². The molecule has 0 aromatic rings. The standard InChI is InChI=1S/C8H15ClO/c1-7(6-10-3)4-5-8(2)9/h4-5,7-8H,6H2,1-3H3/b5-4+. The molecule has 0 amide bonds. The predicted octanol–water partition coefficient (Wildman–Crippen LogP) is 2.45. The van der Waals surface area contributed by atoms with Crippen molar-refractivity contribution in [2.75, 3.05) is 13.7 Å². The second-order valence-corrected chi connectivity index (χ2v) is 3.18. The highest BCUT2D eigenvalue weighted by Gasteiger charge is 1.94. The van der Waals surface area contributed by atoms with Crippen molar-refractivity contribution in [2.24, 2.45) is 5.92 Å². The van der Waals surface area contributed by atoms with Crippen molar-refractivity contribution in [1.82, 2.24) is 0 Å². The molecule has 0 aliphatic heterocycles. The number of halogens is 1. The van der Waals surface area contributed by atoms with E-state index in [-0.39, 0.29) is 5.38 Å². The molecule has 0 rings (SSSR count). The summed E-state index contributed by atoms with van der Waals surface area (Å²) in [7, 11) is 1.70. The van der Waals surface area contributed by atoms with Crippen LogP contribution in [0.15, 0.2) is 12.2 Å². The van der Waals surface area contributed by atoms with Crippen molar-refractivity contribution in [3.8, 4) is 0 Å². The number of methoxy groups -OCH3 is 1. The van der Waals surface area contributed by atoms with Gasteiger partial charge >= 0.3 is 0 Å². The maximum Gasteiger partial charge on any atom is 0.0522 e. The molecule has 1 nitrogen and oxygen atoms in total. The van der Waals surface area contributed by atoms with Crippen LogP contribution in [0.1, 0.15) is 13.8 Å². The van der Waals surface area contributed by atoms with Crippen molar-refractivity contribution in [3.63, 3.8) is 0 Å². The van der Waals surface area contributed by atoms with E-state index in [1.54, 1.807) is 7.11 Å². The molecule has 0 heterocycles. The Labute approximate surface area is 68.0 Å². The van der Waals surface area contributed by atoms with Crippen molar-refractivity contribution in [2.45, 2.75) is 19.2 Å². The Bertz CT molecular complexity index is 99.4. The maximum absolute atomic E-state index is 5.69. The van der Waals surface area contributed by atoms with E-state index in [1.807, 2.05) is 13.0 Å². The quantitative estimate of drug-likeness (QED) is 0.456. The number of hydrogen-bond acceptors (Lipinski definition) is 1. The van der Waals surface area contributed by atoms with Gasteiger partial charge < -0.3 is 4.74 Å². The average Bonchev–Trinajstić information content (AvgIpc) is 1.85. The second-order valence-electron chi connectivity index (χ2n) is 2.50. The van der Waals surface area contributed by atoms with Gasteiger partial charge in [0.2, 0.25) is 0 Å². The highest BCUT2D eigenvalue weighted by atomic mass is 35.5. The Morgan fingerprint density at radius 3 is 2.40 bits per heavy atom. The number of alkyl halides is 1. The van der Waals surface area contributed by atoms with Gasteiger partial charge in [0.25, 0.3) is 0 Å². The molecule has 0 aliphatic rings. The first kappa shape index (κ1) is 9.99. The zero-order chi connectivity index (χ0) is 7.98. The molecule has 0 N–H and O–H groups in total. The van der Waals surface area contributed by atoms with E-state index < -0.39 is 0 Å². The molecule has 0 saturated carbocycles. The van der Waals surface area contributed by atoms with Crippen molar-refractivity contribution in [1.29, 1.82) is 0 Å². The van der Waals surface area contributed by atoms with E-state index in [0.29, 0.717) is 5.92 Å². The minimum atomic E-state index is 0.124. The fourth-order valence-electron chi connectivity index (χ4n) is 0.661. The summed E-state index contributed by atoms with van der Waals surface area (Å²) < 4.78 is 4.94. The first-order valence-corrected chi connectivity index (χ1v) is 3.91. The Kier molecular flexibility index (Phi) is 5.74. The molecule has 2 atom stereocenters. The fourth-order valence-corrected chi connectivity index (χ4v) is 0.745. The lowest BCUT2D eigenvalue weighted by Gasteiger charge is -2.03. The molecule has 0 aliphatic carbocycles. The zero-order valence-corrected chi connectivity index (χ0v) is 7.56. The molecule has 0 aromatic carbocycles. The summed E-state index contributed by atoms with van der Waals surface area (Å²) in [6.07, 6.45) is 4.05. The van der Waals surface area contributed by atoms with Crippen LogP contribution in [0.5, 0.6) is 0 Å². The normalized spacial score (nSPS) is 17.6. The second kappa shape index (κ2) is 5.75. The van der Waals surface area contributed by atoms with Gasteiger partial charge in [-0.05, 0) is 12.8 Å². The number of ether oxygens (including phenoxy) is 1. The third kappa shape index (κ3) is 6.12. The highest BCUT2D eigenvalue weighted by Crippen LogP contribution is 2.01. The minimum absolute atomic E-state index is 0.124. The Balaban J connectivity index is 3.45. The van der Waals surface area contributed by atoms with E-state index in [4.69, 9.17) is 16.3 Å². The van der Waals surface area contributed by atoms with Crippen LogP contribution in [0.25, 0.3) is 0 Å². The van der Waals surface area contributed by atoms with Gasteiger partial charge in [0.15, 0.2) is 0 Å². The molecule has 0 radical (unpaired) electrons. The predicted molar refractivity (Wildman–Crippen MR) is 45.5 cm³/mol. The lowest BCUT2D eigenvalue weighted by atomic mass is 10.2. The molecule has 2 unspecified atom stereocenters. The third-order valence-electron chi connectivity index (χ3n) is 1.13. The van der Waals surface area contributed by atoms with Gasteiger partial charge in [0.1, 0.15) is 0 Å². The van der Waals surface area contributed by atoms with Gasteiger partial charge in [0, 0.05) is 12.5 Å². The fraction of sp³-hybridized carbons (Fsp3) is 0.750. The first-order chi connectivity index (χ1) is 4.66. The molecule has 0 fully saturated rings. The summed E-state index contributed by atoms with van der Waals surface area (Å²) in [6, 6.07) is 0. The molecular formula is C8H15ClO. The number of allylic oxidation sites excluding steroid dienone is 1. The maximum atomic E-state index is 5.69. The number of hydrogen-bond donors (Lipinski definition) is 0. The van der Waals surface area contributed by atoms with Gasteiger partial charge in [-0.3, -0.25) is 0 Å². The zero-order valence-electron chi connectivity index (χ0n) is 6.80. The van der Waals surface area contributed by atoms with Gasteiger partial charge in [-0.15, -0.1) is 11.6 Å². The summed E-state index contributed by atoms with van der Waals surface area (Å²) in [5.74, 6) is 0.464. The SMILES string of the molecule is COCC(C)/C=C/C(C)Cl. The van der Waals surface area contributed by atoms with E-state index in [0.717, 1.165) is 6.61 Å². The van der Waals surface area contributed by atoms with Crippen LogP contribution in [0.2, 0.25) is 0 Å². The summed E-state index contributed by atoms with van der Waals surface area (Å²) in [6.45, 7) is 4.80. The Morgan fingerprint density at radius 1 is 1.40 bits per heavy atom. The Hall–Kier alpha value is -0.0100. The van der Waals surface area contributed by atoms with Crippen molar-refractivity contribution in [3.05, 3.63) is 12.2 Å². The first-order valence-electron chi connectivity index (χ1n) is 3.48. The lowest BCUT2D eigenvalue weighted by Crippen LogP contribution is -2.00. The van der Waals surface area contributed by atoms with Crippen LogP contribution >= 0.6 is 11.6 Å². The molecule has 0 saturated heterocycles. The van der Waals surface area contributed by atoms with Crippen LogP contribution < -0.4 is 0 Å². The van der Waals surface area contributed by atoms with Gasteiger partial charge in [-0.2, -0.15) is 0 Å². The van der Waals surface area contributed by atoms with Crippen LogP contribution in [-0.4, -0.2) is 19.1 Å². The van der Waals surface area contributed by atoms with E-state index >= 15 is 0 Å². The Morgan fingerprint density at radius 2 is 2.00 bits per heavy atom. The molecule has 0 bridgehead atoms. The topological polar surface area (TPSA) is 9.23 Å². The number of rotatable bonds is 4.